The van der Waals surface area contributed by atoms with Crippen LogP contribution in [0.2, 0.25) is 0 Å². The quantitative estimate of drug-likeness (QED) is 0.414. The molecule has 4 fully saturated rings. The predicted molar refractivity (Wildman–Crippen MR) is 126 cm³/mol. The van der Waals surface area contributed by atoms with Gasteiger partial charge in [0, 0.05) is 12.3 Å². The van der Waals surface area contributed by atoms with E-state index in [2.05, 4.69) is 13.8 Å². The van der Waals surface area contributed by atoms with Gasteiger partial charge in [-0.2, -0.15) is 0 Å². The molecule has 3 N–H and O–H groups in total. The first-order valence-corrected chi connectivity index (χ1v) is 13.3. The molecule has 35 heavy (non-hydrogen) atoms. The zero-order valence-corrected chi connectivity index (χ0v) is 21.1. The number of aliphatic hydroxyl groups is 3. The minimum atomic E-state index is -0.930. The van der Waals surface area contributed by atoms with Crippen LogP contribution in [0, 0.1) is 40.4 Å². The summed E-state index contributed by atoms with van der Waals surface area (Å²) in [5.74, 6) is 0.169. The zero-order chi connectivity index (χ0) is 25.1. The van der Waals surface area contributed by atoms with Gasteiger partial charge in [-0.05, 0) is 80.8 Å². The van der Waals surface area contributed by atoms with Crippen LogP contribution in [-0.2, 0) is 19.1 Å². The van der Waals surface area contributed by atoms with Crippen molar-refractivity contribution in [1.82, 2.24) is 0 Å². The molecule has 6 aliphatic rings. The lowest BCUT2D eigenvalue weighted by Gasteiger charge is -2.59. The van der Waals surface area contributed by atoms with Crippen molar-refractivity contribution in [3.63, 3.8) is 0 Å². The molecule has 192 valence electrons. The number of epoxide rings is 1. The SMILES string of the molecule is CC1=C(CO)C(=O)O[C@@H]([C@@H](C)[C@H]2CC[C@H]3[C@@H]4C[C@H]5O[C@]56[C@@H](O)C=CC(=O)[C@]6(C)[C@H]4[C@@H](O)C[C@]23C)C1. The Hall–Kier alpha value is -1.54. The predicted octanol–water partition coefficient (Wildman–Crippen LogP) is 2.32. The van der Waals surface area contributed by atoms with Crippen LogP contribution < -0.4 is 0 Å². The van der Waals surface area contributed by atoms with Gasteiger partial charge in [0.2, 0.25) is 0 Å². The van der Waals surface area contributed by atoms with Gasteiger partial charge in [-0.3, -0.25) is 4.79 Å². The molecule has 0 aromatic heterocycles. The van der Waals surface area contributed by atoms with Gasteiger partial charge in [0.15, 0.2) is 5.78 Å². The van der Waals surface area contributed by atoms with E-state index in [-0.39, 0.29) is 53.7 Å². The Labute approximate surface area is 206 Å². The number of esters is 1. The maximum absolute atomic E-state index is 13.3. The van der Waals surface area contributed by atoms with Crippen LogP contribution >= 0.6 is 0 Å². The largest absolute Gasteiger partial charge is 0.458 e. The third-order valence-electron chi connectivity index (χ3n) is 11.5. The van der Waals surface area contributed by atoms with Gasteiger partial charge < -0.3 is 24.8 Å². The van der Waals surface area contributed by atoms with E-state index in [1.54, 1.807) is 6.08 Å². The van der Waals surface area contributed by atoms with Crippen molar-refractivity contribution >= 4 is 11.8 Å². The molecule has 2 aliphatic heterocycles. The van der Waals surface area contributed by atoms with Gasteiger partial charge in [-0.1, -0.05) is 19.4 Å². The molecular weight excluding hydrogens is 448 g/mol. The Bertz CT molecular complexity index is 1030. The number of cyclic esters (lactones) is 1. The van der Waals surface area contributed by atoms with Gasteiger partial charge in [-0.25, -0.2) is 4.79 Å². The molecule has 3 saturated carbocycles. The molecule has 0 radical (unpaired) electrons. The molecule has 0 unspecified atom stereocenters. The van der Waals surface area contributed by atoms with Gasteiger partial charge in [-0.15, -0.1) is 0 Å². The number of aliphatic hydroxyl groups excluding tert-OH is 3. The fourth-order valence-electron chi connectivity index (χ4n) is 9.81. The number of carbonyl (C=O) groups is 2. The van der Waals surface area contributed by atoms with E-state index in [0.29, 0.717) is 24.3 Å². The third-order valence-corrected chi connectivity index (χ3v) is 11.5. The van der Waals surface area contributed by atoms with Crippen molar-refractivity contribution in [2.75, 3.05) is 6.61 Å². The summed E-state index contributed by atoms with van der Waals surface area (Å²) < 4.78 is 12.0. The molecule has 7 nitrogen and oxygen atoms in total. The Morgan fingerprint density at radius 3 is 2.63 bits per heavy atom. The summed E-state index contributed by atoms with van der Waals surface area (Å²) in [6.07, 6.45) is 5.14. The van der Waals surface area contributed by atoms with Crippen LogP contribution in [-0.4, -0.2) is 63.7 Å². The monoisotopic (exact) mass is 486 g/mol. The van der Waals surface area contributed by atoms with E-state index in [9.17, 15) is 24.9 Å². The van der Waals surface area contributed by atoms with Crippen LogP contribution in [0.1, 0.15) is 59.8 Å². The molecule has 1 spiro atoms. The van der Waals surface area contributed by atoms with Gasteiger partial charge in [0.05, 0.1) is 29.8 Å². The average Bonchev–Trinajstić information content (AvgIpc) is 3.44. The van der Waals surface area contributed by atoms with Gasteiger partial charge in [0.1, 0.15) is 17.8 Å². The first-order chi connectivity index (χ1) is 16.5. The lowest BCUT2D eigenvalue weighted by molar-refractivity contribution is -0.177. The normalized spacial score (nSPS) is 53.3. The van der Waals surface area contributed by atoms with Crippen molar-refractivity contribution in [3.8, 4) is 0 Å². The molecule has 4 aliphatic carbocycles. The van der Waals surface area contributed by atoms with Crippen LogP contribution in [0.4, 0.5) is 0 Å². The van der Waals surface area contributed by atoms with E-state index in [4.69, 9.17) is 9.47 Å². The van der Waals surface area contributed by atoms with Gasteiger partial charge in [0.25, 0.3) is 0 Å². The van der Waals surface area contributed by atoms with E-state index in [0.717, 1.165) is 24.8 Å². The van der Waals surface area contributed by atoms with Crippen LogP contribution in [0.15, 0.2) is 23.3 Å². The van der Waals surface area contributed by atoms with Crippen LogP contribution in [0.5, 0.6) is 0 Å². The number of fused-ring (bicyclic) bond motifs is 4. The summed E-state index contributed by atoms with van der Waals surface area (Å²) in [7, 11) is 0. The summed E-state index contributed by atoms with van der Waals surface area (Å²) in [6.45, 7) is 7.96. The number of hydrogen-bond donors (Lipinski definition) is 3. The molecule has 2 heterocycles. The number of allylic oxidation sites excluding steroid dienone is 1. The van der Waals surface area contributed by atoms with Crippen molar-refractivity contribution in [2.24, 2.45) is 40.4 Å². The van der Waals surface area contributed by atoms with Crippen LogP contribution in [0.3, 0.4) is 0 Å². The zero-order valence-electron chi connectivity index (χ0n) is 21.1. The maximum atomic E-state index is 13.3. The van der Waals surface area contributed by atoms with E-state index < -0.39 is 29.2 Å². The fourth-order valence-corrected chi connectivity index (χ4v) is 9.81. The summed E-state index contributed by atoms with van der Waals surface area (Å²) >= 11 is 0. The Morgan fingerprint density at radius 2 is 1.94 bits per heavy atom. The van der Waals surface area contributed by atoms with E-state index in [1.165, 1.54) is 6.08 Å². The van der Waals surface area contributed by atoms with Gasteiger partial charge >= 0.3 is 5.97 Å². The smallest absolute Gasteiger partial charge is 0.336 e. The molecular formula is C28H38O7. The molecule has 0 amide bonds. The lowest BCUT2D eigenvalue weighted by Crippen LogP contribution is -2.67. The second-order valence-electron chi connectivity index (χ2n) is 12.7. The maximum Gasteiger partial charge on any atom is 0.336 e. The van der Waals surface area contributed by atoms with E-state index >= 15 is 0 Å². The molecule has 12 atom stereocenters. The van der Waals surface area contributed by atoms with Crippen molar-refractivity contribution in [2.45, 2.75) is 89.8 Å². The highest BCUT2D eigenvalue weighted by atomic mass is 16.6. The summed E-state index contributed by atoms with van der Waals surface area (Å²) in [4.78, 5) is 25.8. The average molecular weight is 487 g/mol. The number of hydrogen-bond acceptors (Lipinski definition) is 7. The number of carbonyl (C=O) groups excluding carboxylic acids is 2. The van der Waals surface area contributed by atoms with E-state index in [1.807, 2.05) is 13.8 Å². The van der Waals surface area contributed by atoms with Crippen molar-refractivity contribution in [1.29, 1.82) is 0 Å². The molecule has 1 saturated heterocycles. The lowest BCUT2D eigenvalue weighted by atomic mass is 9.43. The molecule has 7 heteroatoms. The van der Waals surface area contributed by atoms with Crippen LogP contribution in [0.25, 0.3) is 0 Å². The number of rotatable bonds is 3. The molecule has 6 rings (SSSR count). The molecule has 0 aromatic carbocycles. The summed E-state index contributed by atoms with van der Waals surface area (Å²) in [6, 6.07) is 0. The summed E-state index contributed by atoms with van der Waals surface area (Å²) in [5, 5.41) is 32.0. The Kier molecular flexibility index (Phi) is 5.11. The first-order valence-electron chi connectivity index (χ1n) is 13.3. The minimum absolute atomic E-state index is 0.0402. The fraction of sp³-hybridized carbons (Fsp3) is 0.786. The van der Waals surface area contributed by atoms with Crippen molar-refractivity contribution in [3.05, 3.63) is 23.3 Å². The van der Waals surface area contributed by atoms with Crippen molar-refractivity contribution < 1.29 is 34.4 Å². The molecule has 0 bridgehead atoms. The number of ketones is 1. The minimum Gasteiger partial charge on any atom is -0.458 e. The Morgan fingerprint density at radius 1 is 1.20 bits per heavy atom. The highest BCUT2D eigenvalue weighted by Gasteiger charge is 2.81. The Balaban J connectivity index is 1.30. The third kappa shape index (κ3) is 2.81. The number of ether oxygens (including phenoxy) is 2. The topological polar surface area (TPSA) is 117 Å². The molecule has 0 aromatic rings. The second kappa shape index (κ2) is 7.50. The highest BCUT2D eigenvalue weighted by Crippen LogP contribution is 2.73. The second-order valence-corrected chi connectivity index (χ2v) is 12.7. The standard InChI is InChI=1S/C28H38O7/c1-13-9-20(34-25(33)16(13)12-29)14(2)17-5-6-18-15-10-23-28(35-23)22(32)8-7-21(31)27(28,4)24(15)19(30)11-26(17,18)3/h7-8,14-15,17-20,22-24,29-30,32H,5-6,9-12H2,1-4H3/t14-,15-,17+,18-,19-,20+,22-,23+,24+,26+,27+,28+/m0/s1. The summed E-state index contributed by atoms with van der Waals surface area (Å²) in [5.41, 5.74) is -0.699. The highest BCUT2D eigenvalue weighted by molar-refractivity contribution is 5.98. The first kappa shape index (κ1) is 23.8.